The number of hydrogen-bond donors (Lipinski definition) is 0. The summed E-state index contributed by atoms with van der Waals surface area (Å²) in [5.74, 6) is 0.0862. The summed E-state index contributed by atoms with van der Waals surface area (Å²) in [7, 11) is 0. The highest BCUT2D eigenvalue weighted by Crippen LogP contribution is 2.37. The topological polar surface area (TPSA) is 17.1 Å². The number of fused-ring (bicyclic) bond motifs is 5. The van der Waals surface area contributed by atoms with Crippen LogP contribution in [-0.4, -0.2) is 5.78 Å². The molecule has 1 aromatic heterocycles. The molecule has 0 N–H and O–H groups in total. The van der Waals surface area contributed by atoms with Gasteiger partial charge in [0.15, 0.2) is 5.78 Å². The molecule has 0 fully saturated rings. The molecule has 0 spiro atoms. The van der Waals surface area contributed by atoms with Crippen LogP contribution in [0.3, 0.4) is 0 Å². The molecule has 0 saturated heterocycles. The summed E-state index contributed by atoms with van der Waals surface area (Å²) in [6, 6.07) is 26.4. The third-order valence-electron chi connectivity index (χ3n) is 4.72. The van der Waals surface area contributed by atoms with Gasteiger partial charge in [-0.15, -0.1) is 11.3 Å². The van der Waals surface area contributed by atoms with Gasteiger partial charge in [0.1, 0.15) is 0 Å². The highest BCUT2D eigenvalue weighted by Gasteiger charge is 2.16. The summed E-state index contributed by atoms with van der Waals surface area (Å²) < 4.78 is 1.07. The first-order valence-electron chi connectivity index (χ1n) is 8.24. The van der Waals surface area contributed by atoms with Crippen molar-refractivity contribution >= 4 is 48.8 Å². The summed E-state index contributed by atoms with van der Waals surface area (Å²) in [5.41, 5.74) is 1.52. The van der Waals surface area contributed by atoms with Crippen molar-refractivity contribution in [2.24, 2.45) is 0 Å². The Morgan fingerprint density at radius 3 is 2.36 bits per heavy atom. The van der Waals surface area contributed by atoms with E-state index < -0.39 is 0 Å². The molecule has 0 bridgehead atoms. The molecule has 5 rings (SSSR count). The fraction of sp³-hybridized carbons (Fsp3) is 0. The highest BCUT2D eigenvalue weighted by molar-refractivity contribution is 7.17. The fourth-order valence-electron chi connectivity index (χ4n) is 3.56. The molecule has 25 heavy (non-hydrogen) atoms. The van der Waals surface area contributed by atoms with Crippen molar-refractivity contribution in [3.05, 3.63) is 95.4 Å². The van der Waals surface area contributed by atoms with E-state index in [0.29, 0.717) is 0 Å². The smallest absolute Gasteiger partial charge is 0.194 e. The minimum absolute atomic E-state index is 0.0862. The van der Waals surface area contributed by atoms with Crippen LogP contribution in [0.25, 0.3) is 31.6 Å². The first kappa shape index (κ1) is 14.4. The average Bonchev–Trinajstić information content (AvgIpc) is 3.17. The lowest BCUT2D eigenvalue weighted by molar-refractivity contribution is 0.104. The normalized spacial score (nSPS) is 11.4. The average molecular weight is 338 g/mol. The van der Waals surface area contributed by atoms with E-state index in [9.17, 15) is 4.79 Å². The summed E-state index contributed by atoms with van der Waals surface area (Å²) in [4.78, 5) is 13.1. The molecular formula is C23H14OS. The molecule has 1 heterocycles. The minimum atomic E-state index is 0.0862. The van der Waals surface area contributed by atoms with Crippen LogP contribution < -0.4 is 0 Å². The third-order valence-corrected chi connectivity index (χ3v) is 5.67. The van der Waals surface area contributed by atoms with Gasteiger partial charge in [0, 0.05) is 21.2 Å². The van der Waals surface area contributed by atoms with Gasteiger partial charge in [-0.25, -0.2) is 0 Å². The maximum absolute atomic E-state index is 13.1. The third kappa shape index (κ3) is 2.19. The minimum Gasteiger partial charge on any atom is -0.289 e. The van der Waals surface area contributed by atoms with Crippen molar-refractivity contribution in [1.82, 2.24) is 0 Å². The number of carbonyl (C=O) groups is 1. The van der Waals surface area contributed by atoms with Crippen LogP contribution >= 0.6 is 11.3 Å². The Kier molecular flexibility index (Phi) is 3.19. The summed E-state index contributed by atoms with van der Waals surface area (Å²) in [6.07, 6.45) is 0. The number of hydrogen-bond acceptors (Lipinski definition) is 2. The predicted octanol–water partition coefficient (Wildman–Crippen LogP) is 6.44. The Bertz CT molecular complexity index is 1250. The maximum Gasteiger partial charge on any atom is 0.194 e. The largest absolute Gasteiger partial charge is 0.289 e. The van der Waals surface area contributed by atoms with Crippen LogP contribution in [0.1, 0.15) is 15.9 Å². The van der Waals surface area contributed by atoms with E-state index in [-0.39, 0.29) is 5.78 Å². The molecule has 0 aliphatic rings. The van der Waals surface area contributed by atoms with E-state index in [4.69, 9.17) is 0 Å². The number of carbonyl (C=O) groups excluding carboxylic acids is 1. The first-order chi connectivity index (χ1) is 12.3. The van der Waals surface area contributed by atoms with Gasteiger partial charge in [0.05, 0.1) is 0 Å². The van der Waals surface area contributed by atoms with Crippen molar-refractivity contribution in [3.63, 3.8) is 0 Å². The molecule has 2 heteroatoms. The molecule has 1 nitrogen and oxygen atoms in total. The fourth-order valence-corrected chi connectivity index (χ4v) is 4.47. The molecule has 0 unspecified atom stereocenters. The standard InChI is InChI=1S/C23H14OS/c24-22(16-7-2-1-3-8-16)20-14-17-11-10-15-6-4-5-9-18(15)21(17)19-12-13-25-23(19)20/h1-14H. The molecular weight excluding hydrogens is 324 g/mol. The van der Waals surface area contributed by atoms with Crippen LogP contribution in [0.5, 0.6) is 0 Å². The van der Waals surface area contributed by atoms with E-state index in [1.54, 1.807) is 11.3 Å². The summed E-state index contributed by atoms with van der Waals surface area (Å²) >= 11 is 1.64. The predicted molar refractivity (Wildman–Crippen MR) is 107 cm³/mol. The molecule has 4 aromatic carbocycles. The molecule has 118 valence electrons. The molecule has 0 aliphatic heterocycles. The number of benzene rings is 4. The lowest BCUT2D eigenvalue weighted by Crippen LogP contribution is -2.01. The summed E-state index contributed by atoms with van der Waals surface area (Å²) in [6.45, 7) is 0. The zero-order valence-electron chi connectivity index (χ0n) is 13.4. The van der Waals surface area contributed by atoms with Crippen LogP contribution in [0.2, 0.25) is 0 Å². The monoisotopic (exact) mass is 338 g/mol. The second-order valence-electron chi connectivity index (χ2n) is 6.17. The second-order valence-corrected chi connectivity index (χ2v) is 7.08. The number of ketones is 1. The van der Waals surface area contributed by atoms with E-state index in [1.165, 1.54) is 21.5 Å². The van der Waals surface area contributed by atoms with Gasteiger partial charge >= 0.3 is 0 Å². The van der Waals surface area contributed by atoms with Gasteiger partial charge in [0.2, 0.25) is 0 Å². The molecule has 0 saturated carbocycles. The Hall–Kier alpha value is -2.97. The van der Waals surface area contributed by atoms with Crippen molar-refractivity contribution < 1.29 is 4.79 Å². The number of thiophene rings is 1. The van der Waals surface area contributed by atoms with Gasteiger partial charge < -0.3 is 0 Å². The Morgan fingerprint density at radius 2 is 1.48 bits per heavy atom. The Labute approximate surface area is 149 Å². The number of rotatable bonds is 2. The van der Waals surface area contributed by atoms with E-state index in [2.05, 4.69) is 53.9 Å². The lowest BCUT2D eigenvalue weighted by Gasteiger charge is -2.09. The van der Waals surface area contributed by atoms with E-state index >= 15 is 0 Å². The van der Waals surface area contributed by atoms with Gasteiger partial charge in [-0.05, 0) is 39.1 Å². The SMILES string of the molecule is O=C(c1ccccc1)c1cc2ccc3ccccc3c2c2ccsc12. The zero-order valence-corrected chi connectivity index (χ0v) is 14.2. The highest BCUT2D eigenvalue weighted by atomic mass is 32.1. The maximum atomic E-state index is 13.1. The van der Waals surface area contributed by atoms with Crippen molar-refractivity contribution in [2.45, 2.75) is 0 Å². The Morgan fingerprint density at radius 1 is 0.720 bits per heavy atom. The molecule has 5 aromatic rings. The van der Waals surface area contributed by atoms with Crippen molar-refractivity contribution in [1.29, 1.82) is 0 Å². The molecule has 0 radical (unpaired) electrons. The first-order valence-corrected chi connectivity index (χ1v) is 9.12. The van der Waals surface area contributed by atoms with E-state index in [0.717, 1.165) is 21.2 Å². The van der Waals surface area contributed by atoms with Crippen LogP contribution in [0.4, 0.5) is 0 Å². The van der Waals surface area contributed by atoms with Crippen molar-refractivity contribution in [3.8, 4) is 0 Å². The molecule has 0 atom stereocenters. The van der Waals surface area contributed by atoms with Gasteiger partial charge in [-0.2, -0.15) is 0 Å². The molecule has 0 amide bonds. The van der Waals surface area contributed by atoms with E-state index in [1.807, 2.05) is 30.3 Å². The zero-order chi connectivity index (χ0) is 16.8. The quantitative estimate of drug-likeness (QED) is 0.267. The van der Waals surface area contributed by atoms with Gasteiger partial charge in [-0.1, -0.05) is 66.7 Å². The van der Waals surface area contributed by atoms with Gasteiger partial charge in [0.25, 0.3) is 0 Å². The van der Waals surface area contributed by atoms with Crippen LogP contribution in [0, 0.1) is 0 Å². The molecule has 0 aliphatic carbocycles. The Balaban J connectivity index is 1.88. The van der Waals surface area contributed by atoms with Gasteiger partial charge in [-0.3, -0.25) is 4.79 Å². The van der Waals surface area contributed by atoms with Crippen LogP contribution in [0.15, 0.2) is 84.2 Å². The van der Waals surface area contributed by atoms with Crippen molar-refractivity contribution in [2.75, 3.05) is 0 Å². The van der Waals surface area contributed by atoms with Crippen LogP contribution in [-0.2, 0) is 0 Å². The second kappa shape index (κ2) is 5.54. The lowest BCUT2D eigenvalue weighted by atomic mass is 9.94. The summed E-state index contributed by atoms with van der Waals surface area (Å²) in [5, 5.41) is 8.06.